The van der Waals surface area contributed by atoms with Gasteiger partial charge in [0.2, 0.25) is 10.0 Å². The van der Waals surface area contributed by atoms with Gasteiger partial charge in [-0.05, 0) is 39.2 Å². The number of sulfonamides is 1. The second-order valence-corrected chi connectivity index (χ2v) is 7.38. The third kappa shape index (κ3) is 6.33. The molecule has 0 fully saturated rings. The quantitative estimate of drug-likeness (QED) is 0.684. The van der Waals surface area contributed by atoms with Crippen molar-refractivity contribution in [1.82, 2.24) is 9.21 Å². The number of nitrogens with zero attached hydrogens (tertiary/aromatic N) is 2. The molecule has 21 heavy (non-hydrogen) atoms. The minimum atomic E-state index is -3.29. The minimum absolute atomic E-state index is 0.0558. The molecule has 0 heterocycles. The van der Waals surface area contributed by atoms with Crippen molar-refractivity contribution in [3.05, 3.63) is 24.3 Å². The smallest absolute Gasteiger partial charge is 0.217 e. The first-order valence-corrected chi connectivity index (χ1v) is 8.50. The molecule has 0 radical (unpaired) electrons. The summed E-state index contributed by atoms with van der Waals surface area (Å²) in [6.45, 7) is 1.46. The summed E-state index contributed by atoms with van der Waals surface area (Å²) in [6, 6.07) is 7.05. The van der Waals surface area contributed by atoms with E-state index in [1.807, 2.05) is 19.0 Å². The van der Waals surface area contributed by atoms with Crippen LogP contribution in [0.2, 0.25) is 0 Å². The molecule has 0 bridgehead atoms. The number of benzene rings is 1. The van der Waals surface area contributed by atoms with Crippen molar-refractivity contribution < 1.29 is 13.2 Å². The van der Waals surface area contributed by atoms with Gasteiger partial charge >= 0.3 is 0 Å². The Morgan fingerprint density at radius 1 is 1.14 bits per heavy atom. The van der Waals surface area contributed by atoms with Gasteiger partial charge in [0.05, 0.1) is 11.4 Å². The molecule has 2 N–H and O–H groups in total. The zero-order chi connectivity index (χ0) is 15.9. The SMILES string of the molecule is CN(C)CCCN(C)S(=O)(=O)CCOc1ccccc1N. The van der Waals surface area contributed by atoms with Crippen molar-refractivity contribution in [3.8, 4) is 5.75 Å². The summed E-state index contributed by atoms with van der Waals surface area (Å²) >= 11 is 0. The Morgan fingerprint density at radius 2 is 1.81 bits per heavy atom. The van der Waals surface area contributed by atoms with Gasteiger partial charge in [0, 0.05) is 13.6 Å². The van der Waals surface area contributed by atoms with Crippen LogP contribution < -0.4 is 10.5 Å². The summed E-state index contributed by atoms with van der Waals surface area (Å²) in [4.78, 5) is 2.03. The molecule has 120 valence electrons. The average Bonchev–Trinajstić information content (AvgIpc) is 2.40. The van der Waals surface area contributed by atoms with Gasteiger partial charge in [0.15, 0.2) is 0 Å². The molecule has 7 heteroatoms. The fourth-order valence-corrected chi connectivity index (χ4v) is 2.79. The van der Waals surface area contributed by atoms with Gasteiger partial charge in [-0.25, -0.2) is 12.7 Å². The zero-order valence-corrected chi connectivity index (χ0v) is 13.8. The van der Waals surface area contributed by atoms with E-state index >= 15 is 0 Å². The van der Waals surface area contributed by atoms with Crippen LogP contribution >= 0.6 is 0 Å². The minimum Gasteiger partial charge on any atom is -0.490 e. The summed E-state index contributed by atoms with van der Waals surface area (Å²) in [6.07, 6.45) is 0.801. The third-order valence-corrected chi connectivity index (χ3v) is 4.89. The fraction of sp³-hybridized carbons (Fsp3) is 0.571. The molecular formula is C14H25N3O3S. The summed E-state index contributed by atoms with van der Waals surface area (Å²) in [5, 5.41) is 0. The molecule has 0 unspecified atom stereocenters. The maximum absolute atomic E-state index is 12.1. The Balaban J connectivity index is 2.40. The Morgan fingerprint density at radius 3 is 2.43 bits per heavy atom. The number of nitrogens with two attached hydrogens (primary N) is 1. The van der Waals surface area contributed by atoms with E-state index in [0.717, 1.165) is 13.0 Å². The number of ether oxygens (including phenoxy) is 1. The number of anilines is 1. The van der Waals surface area contributed by atoms with Gasteiger partial charge in [-0.3, -0.25) is 0 Å². The molecule has 1 rings (SSSR count). The third-order valence-electron chi connectivity index (χ3n) is 3.07. The summed E-state index contributed by atoms with van der Waals surface area (Å²) in [5.74, 6) is 0.461. The van der Waals surface area contributed by atoms with Gasteiger partial charge in [-0.15, -0.1) is 0 Å². The molecule has 1 aromatic rings. The van der Waals surface area contributed by atoms with Crippen LogP contribution in [0, 0.1) is 0 Å². The largest absolute Gasteiger partial charge is 0.490 e. The Bertz CT molecular complexity index is 532. The maximum atomic E-state index is 12.1. The van der Waals surface area contributed by atoms with E-state index in [9.17, 15) is 8.42 Å². The predicted molar refractivity (Wildman–Crippen MR) is 85.9 cm³/mol. The van der Waals surface area contributed by atoms with Crippen LogP contribution in [0.4, 0.5) is 5.69 Å². The van der Waals surface area contributed by atoms with Crippen LogP contribution in [0.15, 0.2) is 24.3 Å². The first-order valence-electron chi connectivity index (χ1n) is 6.89. The van der Waals surface area contributed by atoms with Gasteiger partial charge < -0.3 is 15.4 Å². The molecule has 0 atom stereocenters. The van der Waals surface area contributed by atoms with Crippen molar-refractivity contribution in [2.24, 2.45) is 0 Å². The van der Waals surface area contributed by atoms with Crippen LogP contribution in [0.5, 0.6) is 5.75 Å². The zero-order valence-electron chi connectivity index (χ0n) is 12.9. The van der Waals surface area contributed by atoms with Crippen LogP contribution in [-0.4, -0.2) is 64.2 Å². The molecule has 0 saturated heterocycles. The van der Waals surface area contributed by atoms with Crippen molar-refractivity contribution >= 4 is 15.7 Å². The molecule has 0 amide bonds. The van der Waals surface area contributed by atoms with Crippen molar-refractivity contribution in [2.75, 3.05) is 52.3 Å². The highest BCUT2D eigenvalue weighted by Gasteiger charge is 2.17. The van der Waals surface area contributed by atoms with Gasteiger partial charge in [-0.2, -0.15) is 0 Å². The fourth-order valence-electron chi connectivity index (χ4n) is 1.77. The van der Waals surface area contributed by atoms with Crippen LogP contribution in [0.1, 0.15) is 6.42 Å². The molecular weight excluding hydrogens is 290 g/mol. The summed E-state index contributed by atoms with van der Waals surface area (Å²) in [7, 11) is 2.24. The summed E-state index contributed by atoms with van der Waals surface area (Å²) in [5.41, 5.74) is 6.24. The lowest BCUT2D eigenvalue weighted by atomic mass is 10.3. The van der Waals surface area contributed by atoms with Gasteiger partial charge in [-0.1, -0.05) is 12.1 Å². The van der Waals surface area contributed by atoms with Crippen LogP contribution in [0.3, 0.4) is 0 Å². The number of hydrogen-bond donors (Lipinski definition) is 1. The lowest BCUT2D eigenvalue weighted by Crippen LogP contribution is -2.33. The highest BCUT2D eigenvalue weighted by Crippen LogP contribution is 2.19. The Hall–Kier alpha value is -1.31. The van der Waals surface area contributed by atoms with E-state index in [1.165, 1.54) is 4.31 Å². The highest BCUT2D eigenvalue weighted by molar-refractivity contribution is 7.89. The van der Waals surface area contributed by atoms with Gasteiger partial charge in [0.1, 0.15) is 12.4 Å². The molecule has 0 aromatic heterocycles. The predicted octanol–water partition coefficient (Wildman–Crippen LogP) is 0.861. The molecule has 0 aliphatic heterocycles. The van der Waals surface area contributed by atoms with E-state index in [-0.39, 0.29) is 12.4 Å². The van der Waals surface area contributed by atoms with Crippen LogP contribution in [0.25, 0.3) is 0 Å². The van der Waals surface area contributed by atoms with Crippen molar-refractivity contribution in [1.29, 1.82) is 0 Å². The lowest BCUT2D eigenvalue weighted by molar-refractivity contribution is 0.335. The first kappa shape index (κ1) is 17.7. The average molecular weight is 315 g/mol. The van der Waals surface area contributed by atoms with E-state index in [4.69, 9.17) is 10.5 Å². The molecule has 1 aromatic carbocycles. The van der Waals surface area contributed by atoms with Crippen molar-refractivity contribution in [3.63, 3.8) is 0 Å². The number of rotatable bonds is 9. The molecule has 0 aliphatic rings. The normalized spacial score (nSPS) is 12.0. The monoisotopic (exact) mass is 315 g/mol. The highest BCUT2D eigenvalue weighted by atomic mass is 32.2. The topological polar surface area (TPSA) is 75.9 Å². The standard InChI is InChI=1S/C14H25N3O3S/c1-16(2)9-6-10-17(3)21(18,19)12-11-20-14-8-5-4-7-13(14)15/h4-5,7-8H,6,9-12,15H2,1-3H3. The second-order valence-electron chi connectivity index (χ2n) is 5.18. The lowest BCUT2D eigenvalue weighted by Gasteiger charge is -2.18. The number of para-hydroxylation sites is 2. The Labute approximate surface area is 127 Å². The van der Waals surface area contributed by atoms with E-state index in [2.05, 4.69) is 0 Å². The van der Waals surface area contributed by atoms with Crippen LogP contribution in [-0.2, 0) is 10.0 Å². The molecule has 0 aliphatic carbocycles. The van der Waals surface area contributed by atoms with Gasteiger partial charge in [0.25, 0.3) is 0 Å². The molecule has 0 spiro atoms. The number of nitrogen functional groups attached to an aromatic ring is 1. The van der Waals surface area contributed by atoms with E-state index in [1.54, 1.807) is 31.3 Å². The maximum Gasteiger partial charge on any atom is 0.217 e. The second kappa shape index (κ2) is 8.21. The van der Waals surface area contributed by atoms with Crippen molar-refractivity contribution in [2.45, 2.75) is 6.42 Å². The molecule has 6 nitrogen and oxygen atoms in total. The van der Waals surface area contributed by atoms with E-state index < -0.39 is 10.0 Å². The number of hydrogen-bond acceptors (Lipinski definition) is 5. The Kier molecular flexibility index (Phi) is 6.94. The summed E-state index contributed by atoms with van der Waals surface area (Å²) < 4.78 is 31.0. The first-order chi connectivity index (χ1) is 9.83. The van der Waals surface area contributed by atoms with E-state index in [0.29, 0.717) is 18.0 Å². The molecule has 0 saturated carbocycles.